The number of hydrogen-bond donors (Lipinski definition) is 3. The van der Waals surface area contributed by atoms with Gasteiger partial charge in [-0.3, -0.25) is 9.52 Å². The SMILES string of the molecule is CC.CC.CC(=O)c1[nH]cnc1NS(=O)(=O)c1cccc2c(C)cccc12.N. The van der Waals surface area contributed by atoms with Crippen LogP contribution >= 0.6 is 0 Å². The van der Waals surface area contributed by atoms with Gasteiger partial charge in [0.15, 0.2) is 11.6 Å². The van der Waals surface area contributed by atoms with Crippen molar-refractivity contribution in [2.24, 2.45) is 0 Å². The monoisotopic (exact) mass is 406 g/mol. The molecule has 154 valence electrons. The second kappa shape index (κ2) is 11.2. The topological polar surface area (TPSA) is 127 Å². The van der Waals surface area contributed by atoms with E-state index in [1.165, 1.54) is 19.3 Å². The van der Waals surface area contributed by atoms with Gasteiger partial charge in [-0.1, -0.05) is 58.0 Å². The van der Waals surface area contributed by atoms with Crippen molar-refractivity contribution in [3.05, 3.63) is 54.0 Å². The molecule has 0 radical (unpaired) electrons. The summed E-state index contributed by atoms with van der Waals surface area (Å²) in [6.07, 6.45) is 1.28. The minimum Gasteiger partial charge on any atom is -0.344 e. The Morgan fingerprint density at radius 1 is 1.00 bits per heavy atom. The summed E-state index contributed by atoms with van der Waals surface area (Å²) in [6.45, 7) is 11.3. The number of rotatable bonds is 4. The van der Waals surface area contributed by atoms with Crippen LogP contribution in [-0.2, 0) is 10.0 Å². The van der Waals surface area contributed by atoms with Crippen molar-refractivity contribution < 1.29 is 13.2 Å². The third kappa shape index (κ3) is 5.40. The van der Waals surface area contributed by atoms with Crippen LogP contribution in [0.3, 0.4) is 0 Å². The smallest absolute Gasteiger partial charge is 0.263 e. The summed E-state index contributed by atoms with van der Waals surface area (Å²) in [7, 11) is -3.87. The highest BCUT2D eigenvalue weighted by Crippen LogP contribution is 2.27. The molecule has 0 spiro atoms. The van der Waals surface area contributed by atoms with Crippen LogP contribution in [0.5, 0.6) is 0 Å². The number of anilines is 1. The van der Waals surface area contributed by atoms with Crippen molar-refractivity contribution in [1.29, 1.82) is 0 Å². The van der Waals surface area contributed by atoms with Crippen LogP contribution in [0, 0.1) is 6.92 Å². The molecule has 0 amide bonds. The van der Waals surface area contributed by atoms with Gasteiger partial charge in [-0.2, -0.15) is 0 Å². The highest BCUT2D eigenvalue weighted by atomic mass is 32.2. The van der Waals surface area contributed by atoms with Gasteiger partial charge in [0.05, 0.1) is 11.2 Å². The Hall–Kier alpha value is -2.71. The number of benzene rings is 2. The molecule has 1 aromatic heterocycles. The van der Waals surface area contributed by atoms with Crippen LogP contribution < -0.4 is 10.9 Å². The van der Waals surface area contributed by atoms with E-state index >= 15 is 0 Å². The molecule has 0 fully saturated rings. The molecule has 0 aliphatic heterocycles. The number of nitrogens with zero attached hydrogens (tertiary/aromatic N) is 1. The van der Waals surface area contributed by atoms with Gasteiger partial charge in [0, 0.05) is 12.3 Å². The number of nitrogens with one attached hydrogen (secondary N) is 2. The Labute approximate surface area is 167 Å². The van der Waals surface area contributed by atoms with Crippen LogP contribution in [0.15, 0.2) is 47.6 Å². The van der Waals surface area contributed by atoms with E-state index in [0.717, 1.165) is 10.9 Å². The molecule has 0 atom stereocenters. The molecule has 0 saturated carbocycles. The summed E-state index contributed by atoms with van der Waals surface area (Å²) in [6, 6.07) is 10.6. The first-order chi connectivity index (χ1) is 12.9. The van der Waals surface area contributed by atoms with Crippen molar-refractivity contribution in [3.8, 4) is 0 Å². The van der Waals surface area contributed by atoms with E-state index < -0.39 is 10.0 Å². The highest BCUT2D eigenvalue weighted by Gasteiger charge is 2.21. The summed E-state index contributed by atoms with van der Waals surface area (Å²) < 4.78 is 27.8. The van der Waals surface area contributed by atoms with E-state index in [1.54, 1.807) is 12.1 Å². The van der Waals surface area contributed by atoms with Gasteiger partial charge >= 0.3 is 0 Å². The molecule has 7 nitrogen and oxygen atoms in total. The van der Waals surface area contributed by atoms with Gasteiger partial charge in [0.25, 0.3) is 10.0 Å². The van der Waals surface area contributed by atoms with Crippen LogP contribution in [0.4, 0.5) is 5.82 Å². The average Bonchev–Trinajstić information content (AvgIpc) is 3.12. The van der Waals surface area contributed by atoms with Crippen LogP contribution in [0.2, 0.25) is 0 Å². The summed E-state index contributed by atoms with van der Waals surface area (Å²) in [5, 5.41) is 1.49. The molecule has 28 heavy (non-hydrogen) atoms. The Balaban J connectivity index is 0.00000137. The highest BCUT2D eigenvalue weighted by molar-refractivity contribution is 7.93. The Morgan fingerprint density at radius 3 is 2.18 bits per heavy atom. The molecular formula is C20H30N4O3S. The molecule has 0 bridgehead atoms. The second-order valence-corrected chi connectivity index (χ2v) is 6.86. The van der Waals surface area contributed by atoms with Crippen LogP contribution in [0.25, 0.3) is 10.8 Å². The lowest BCUT2D eigenvalue weighted by Gasteiger charge is -2.10. The minimum atomic E-state index is -3.87. The minimum absolute atomic E-state index is 0. The van der Waals surface area contributed by atoms with E-state index in [9.17, 15) is 13.2 Å². The van der Waals surface area contributed by atoms with Gasteiger partial charge < -0.3 is 11.1 Å². The number of carbonyl (C=O) groups excluding carboxylic acids is 1. The normalized spacial score (nSPS) is 9.93. The van der Waals surface area contributed by atoms with E-state index in [4.69, 9.17) is 0 Å². The molecule has 2 aromatic carbocycles. The zero-order chi connectivity index (χ0) is 20.6. The van der Waals surface area contributed by atoms with Gasteiger partial charge in [0.1, 0.15) is 5.69 Å². The van der Waals surface area contributed by atoms with Crippen molar-refractivity contribution in [1.82, 2.24) is 16.1 Å². The number of Topliss-reactive ketones (excluding diaryl/α,β-unsaturated/α-hetero) is 1. The number of ketones is 1. The summed E-state index contributed by atoms with van der Waals surface area (Å²) in [5.41, 5.74) is 1.12. The Kier molecular flexibility index (Phi) is 10.1. The Morgan fingerprint density at radius 2 is 1.57 bits per heavy atom. The molecule has 0 unspecified atom stereocenters. The van der Waals surface area contributed by atoms with Crippen molar-refractivity contribution in [2.75, 3.05) is 4.72 Å². The lowest BCUT2D eigenvalue weighted by molar-refractivity contribution is 0.101. The number of hydrogen-bond acceptors (Lipinski definition) is 5. The maximum absolute atomic E-state index is 12.7. The van der Waals surface area contributed by atoms with Crippen molar-refractivity contribution in [2.45, 2.75) is 46.4 Å². The number of aromatic nitrogens is 2. The zero-order valence-corrected chi connectivity index (χ0v) is 18.1. The standard InChI is InChI=1S/C16H15N3O3S.2C2H6.H3N/c1-10-5-3-7-13-12(10)6-4-8-14(13)23(21,22)19-16-15(11(2)20)17-9-18-16;2*1-2;/h3-9,19H,1-2H3,(H,17,18);2*1-2H3;1H3. The third-order valence-corrected chi connectivity index (χ3v) is 5.01. The fourth-order valence-corrected chi connectivity index (χ4v) is 3.74. The van der Waals surface area contributed by atoms with E-state index in [1.807, 2.05) is 52.8 Å². The first-order valence-electron chi connectivity index (χ1n) is 8.95. The molecule has 5 N–H and O–H groups in total. The van der Waals surface area contributed by atoms with Gasteiger partial charge in [-0.15, -0.1) is 0 Å². The van der Waals surface area contributed by atoms with E-state index in [-0.39, 0.29) is 28.3 Å². The van der Waals surface area contributed by atoms with Gasteiger partial charge in [-0.05, 0) is 23.9 Å². The number of carbonyl (C=O) groups is 1. The molecule has 0 saturated heterocycles. The maximum Gasteiger partial charge on any atom is 0.263 e. The molecule has 0 aliphatic rings. The largest absolute Gasteiger partial charge is 0.344 e. The Bertz CT molecular complexity index is 1010. The number of sulfonamides is 1. The predicted molar refractivity (Wildman–Crippen MR) is 116 cm³/mol. The second-order valence-electron chi connectivity index (χ2n) is 5.21. The van der Waals surface area contributed by atoms with Crippen molar-refractivity contribution >= 4 is 32.4 Å². The fourth-order valence-electron chi connectivity index (χ4n) is 2.49. The van der Waals surface area contributed by atoms with Gasteiger partial charge in [-0.25, -0.2) is 13.4 Å². The maximum atomic E-state index is 12.7. The lowest BCUT2D eigenvalue weighted by Crippen LogP contribution is -2.15. The summed E-state index contributed by atoms with van der Waals surface area (Å²) in [4.78, 5) is 18.2. The number of fused-ring (bicyclic) bond motifs is 1. The lowest BCUT2D eigenvalue weighted by atomic mass is 10.1. The fraction of sp³-hybridized carbons (Fsp3) is 0.300. The number of imidazole rings is 1. The zero-order valence-electron chi connectivity index (χ0n) is 17.3. The first kappa shape index (κ1) is 25.3. The van der Waals surface area contributed by atoms with Crippen LogP contribution in [0.1, 0.15) is 50.7 Å². The van der Waals surface area contributed by atoms with Crippen LogP contribution in [-0.4, -0.2) is 24.2 Å². The molecule has 3 aromatic rings. The molecule has 8 heteroatoms. The summed E-state index contributed by atoms with van der Waals surface area (Å²) in [5.74, 6) is -0.295. The predicted octanol–water partition coefficient (Wildman–Crippen LogP) is 5.09. The molecule has 1 heterocycles. The number of H-pyrrole nitrogens is 1. The molecular weight excluding hydrogens is 376 g/mol. The molecule has 0 aliphatic carbocycles. The third-order valence-electron chi connectivity index (χ3n) is 3.61. The quantitative estimate of drug-likeness (QED) is 0.520. The number of aromatic amines is 1. The number of aryl methyl sites for hydroxylation is 1. The van der Waals surface area contributed by atoms with Gasteiger partial charge in [0.2, 0.25) is 0 Å². The summed E-state index contributed by atoms with van der Waals surface area (Å²) >= 11 is 0. The van der Waals surface area contributed by atoms with E-state index in [2.05, 4.69) is 14.7 Å². The van der Waals surface area contributed by atoms with E-state index in [0.29, 0.717) is 5.39 Å². The van der Waals surface area contributed by atoms with Crippen molar-refractivity contribution in [3.63, 3.8) is 0 Å². The first-order valence-corrected chi connectivity index (χ1v) is 10.4. The molecule has 3 rings (SSSR count). The average molecular weight is 407 g/mol.